The molecule has 0 heterocycles. The van der Waals surface area contributed by atoms with E-state index in [1.165, 1.54) is 5.56 Å². The summed E-state index contributed by atoms with van der Waals surface area (Å²) in [6.07, 6.45) is 2.13. The SMILES string of the molecule is C[Si](Br)(Br)/C=C/c1ccccc1. The fourth-order valence-corrected chi connectivity index (χ4v) is 2.08. The third kappa shape index (κ3) is 4.23. The normalized spacial score (nSPS) is 12.2. The topological polar surface area (TPSA) is 0 Å². The van der Waals surface area contributed by atoms with Crippen LogP contribution in [0.5, 0.6) is 0 Å². The Labute approximate surface area is 89.9 Å². The monoisotopic (exact) mass is 304 g/mol. The fraction of sp³-hybridized carbons (Fsp3) is 0.111. The maximum atomic E-state index is 3.60. The molecule has 0 aliphatic carbocycles. The van der Waals surface area contributed by atoms with Crippen LogP contribution in [0.3, 0.4) is 0 Å². The highest BCUT2D eigenvalue weighted by Crippen LogP contribution is 2.21. The highest BCUT2D eigenvalue weighted by Gasteiger charge is 2.12. The molecule has 0 atom stereocenters. The molecule has 0 spiro atoms. The first-order valence-corrected chi connectivity index (χ1v) is 10.8. The zero-order valence-corrected chi connectivity index (χ0v) is 11.0. The predicted octanol–water partition coefficient (Wildman–Crippen LogP) is 4.10. The van der Waals surface area contributed by atoms with Crippen molar-refractivity contribution in [1.82, 2.24) is 0 Å². The molecule has 0 aliphatic heterocycles. The number of hydrogen-bond acceptors (Lipinski definition) is 0. The molecule has 0 saturated heterocycles. The van der Waals surface area contributed by atoms with Gasteiger partial charge in [-0.2, -0.15) is 0 Å². The van der Waals surface area contributed by atoms with Crippen molar-refractivity contribution < 1.29 is 0 Å². The Morgan fingerprint density at radius 2 is 1.75 bits per heavy atom. The summed E-state index contributed by atoms with van der Waals surface area (Å²) >= 11 is 7.21. The molecule has 64 valence electrons. The molecule has 0 bridgehead atoms. The molecule has 0 N–H and O–H groups in total. The van der Waals surface area contributed by atoms with E-state index in [1.807, 2.05) is 18.2 Å². The molecule has 0 amide bonds. The lowest BCUT2D eigenvalue weighted by Gasteiger charge is -2.02. The Morgan fingerprint density at radius 3 is 2.25 bits per heavy atom. The molecule has 12 heavy (non-hydrogen) atoms. The van der Waals surface area contributed by atoms with Crippen LogP contribution in [0, 0.1) is 0 Å². The molecular weight excluding hydrogens is 296 g/mol. The van der Waals surface area contributed by atoms with Gasteiger partial charge in [-0.25, -0.2) is 0 Å². The van der Waals surface area contributed by atoms with Gasteiger partial charge in [0, 0.05) is 0 Å². The van der Waals surface area contributed by atoms with Crippen molar-refractivity contribution in [2.24, 2.45) is 0 Å². The maximum Gasteiger partial charge on any atom is 0.220 e. The Balaban J connectivity index is 2.71. The number of hydrogen-bond donors (Lipinski definition) is 0. The summed E-state index contributed by atoms with van der Waals surface area (Å²) in [5.74, 6) is 0. The molecule has 3 heteroatoms. The van der Waals surface area contributed by atoms with E-state index in [1.54, 1.807) is 0 Å². The van der Waals surface area contributed by atoms with Gasteiger partial charge in [-0.15, -0.1) is 30.6 Å². The van der Waals surface area contributed by atoms with Gasteiger partial charge in [0.1, 0.15) is 0 Å². The van der Waals surface area contributed by atoms with Crippen molar-refractivity contribution in [3.05, 3.63) is 41.6 Å². The summed E-state index contributed by atoms with van der Waals surface area (Å²) in [6, 6.07) is 10.3. The lowest BCUT2D eigenvalue weighted by molar-refractivity contribution is 1.66. The minimum atomic E-state index is -1.40. The van der Waals surface area contributed by atoms with Crippen molar-refractivity contribution in [1.29, 1.82) is 0 Å². The molecule has 0 radical (unpaired) electrons. The van der Waals surface area contributed by atoms with Gasteiger partial charge in [-0.1, -0.05) is 42.1 Å². The van der Waals surface area contributed by atoms with E-state index in [0.717, 1.165) is 0 Å². The smallest absolute Gasteiger partial charge is 0.106 e. The lowest BCUT2D eigenvalue weighted by atomic mass is 10.2. The van der Waals surface area contributed by atoms with E-state index in [4.69, 9.17) is 0 Å². The van der Waals surface area contributed by atoms with Crippen LogP contribution in [0.1, 0.15) is 5.56 Å². The maximum absolute atomic E-state index is 3.60. The quantitative estimate of drug-likeness (QED) is 0.570. The third-order valence-corrected chi connectivity index (χ3v) is 3.71. The van der Waals surface area contributed by atoms with Crippen molar-refractivity contribution in [2.45, 2.75) is 6.55 Å². The van der Waals surface area contributed by atoms with Crippen LogP contribution < -0.4 is 0 Å². The van der Waals surface area contributed by atoms with E-state index in [9.17, 15) is 0 Å². The summed E-state index contributed by atoms with van der Waals surface area (Å²) < 4.78 is 0. The minimum Gasteiger partial charge on any atom is -0.106 e. The van der Waals surface area contributed by atoms with Crippen molar-refractivity contribution in [3.8, 4) is 0 Å². The summed E-state index contributed by atoms with van der Waals surface area (Å²) in [5, 5.41) is -1.40. The molecule has 1 rings (SSSR count). The molecule has 0 unspecified atom stereocenters. The van der Waals surface area contributed by atoms with Gasteiger partial charge in [0.25, 0.3) is 0 Å². The van der Waals surface area contributed by atoms with E-state index in [0.29, 0.717) is 0 Å². The van der Waals surface area contributed by atoms with Gasteiger partial charge in [0.2, 0.25) is 5.31 Å². The van der Waals surface area contributed by atoms with Gasteiger partial charge in [0.05, 0.1) is 0 Å². The molecule has 0 aliphatic rings. The third-order valence-electron chi connectivity index (χ3n) is 1.37. The van der Waals surface area contributed by atoms with E-state index < -0.39 is 5.31 Å². The minimum absolute atomic E-state index is 1.25. The van der Waals surface area contributed by atoms with Gasteiger partial charge in [-0.05, 0) is 12.1 Å². The Kier molecular flexibility index (Phi) is 3.74. The largest absolute Gasteiger partial charge is 0.220 e. The van der Waals surface area contributed by atoms with E-state index in [2.05, 4.69) is 61.0 Å². The molecule has 1 aromatic rings. The Morgan fingerprint density at radius 1 is 1.17 bits per heavy atom. The molecule has 0 fully saturated rings. The average Bonchev–Trinajstić information content (AvgIpc) is 2.02. The second-order valence-electron chi connectivity index (χ2n) is 2.70. The summed E-state index contributed by atoms with van der Waals surface area (Å²) in [4.78, 5) is 0. The van der Waals surface area contributed by atoms with Gasteiger partial charge in [-0.3, -0.25) is 0 Å². The molecular formula is C9H10Br2Si. The van der Waals surface area contributed by atoms with Gasteiger partial charge >= 0.3 is 0 Å². The van der Waals surface area contributed by atoms with Crippen LogP contribution in [0.25, 0.3) is 6.08 Å². The molecule has 0 nitrogen and oxygen atoms in total. The number of halogens is 2. The van der Waals surface area contributed by atoms with Crippen molar-refractivity contribution >= 4 is 42.0 Å². The summed E-state index contributed by atoms with van der Waals surface area (Å²) in [5.41, 5.74) is 3.44. The molecule has 0 saturated carbocycles. The zero-order chi connectivity index (χ0) is 9.03. The van der Waals surface area contributed by atoms with E-state index >= 15 is 0 Å². The molecule has 0 aromatic heterocycles. The molecule has 1 aromatic carbocycles. The second kappa shape index (κ2) is 4.39. The van der Waals surface area contributed by atoms with Crippen LogP contribution >= 0.6 is 30.6 Å². The fourth-order valence-electron chi connectivity index (χ4n) is 0.807. The van der Waals surface area contributed by atoms with Crippen LogP contribution in [0.2, 0.25) is 6.55 Å². The lowest BCUT2D eigenvalue weighted by Crippen LogP contribution is -2.04. The van der Waals surface area contributed by atoms with Gasteiger partial charge in [0.15, 0.2) is 0 Å². The first kappa shape index (κ1) is 10.2. The standard InChI is InChI=1S/C9H10Br2Si/c1-12(10,11)8-7-9-5-3-2-4-6-9/h2-8H,1H3/b8-7+. The first-order chi connectivity index (χ1) is 5.58. The van der Waals surface area contributed by atoms with Crippen LogP contribution in [0.4, 0.5) is 0 Å². The summed E-state index contributed by atoms with van der Waals surface area (Å²) in [7, 11) is 0. The van der Waals surface area contributed by atoms with Crippen molar-refractivity contribution in [3.63, 3.8) is 0 Å². The Bertz CT molecular complexity index is 262. The van der Waals surface area contributed by atoms with Crippen LogP contribution in [-0.4, -0.2) is 5.31 Å². The highest BCUT2D eigenvalue weighted by atomic mass is 79.9. The zero-order valence-electron chi connectivity index (χ0n) is 6.80. The Hall–Kier alpha value is 0.137. The summed E-state index contributed by atoms with van der Waals surface area (Å²) in [6.45, 7) is 2.17. The van der Waals surface area contributed by atoms with Gasteiger partial charge < -0.3 is 0 Å². The second-order valence-corrected chi connectivity index (χ2v) is 18.0. The van der Waals surface area contributed by atoms with Crippen molar-refractivity contribution in [2.75, 3.05) is 0 Å². The first-order valence-electron chi connectivity index (χ1n) is 3.70. The van der Waals surface area contributed by atoms with Crippen LogP contribution in [-0.2, 0) is 0 Å². The number of rotatable bonds is 2. The van der Waals surface area contributed by atoms with Crippen LogP contribution in [0.15, 0.2) is 36.0 Å². The predicted molar refractivity (Wildman–Crippen MR) is 64.9 cm³/mol. The number of benzene rings is 1. The van der Waals surface area contributed by atoms with E-state index in [-0.39, 0.29) is 0 Å². The highest BCUT2D eigenvalue weighted by molar-refractivity contribution is 9.51. The average molecular weight is 306 g/mol.